The zero-order valence-corrected chi connectivity index (χ0v) is 9.60. The fourth-order valence-electron chi connectivity index (χ4n) is 1.61. The zero-order valence-electron chi connectivity index (χ0n) is 9.60. The number of hydrogen-bond donors (Lipinski definition) is 2. The van der Waals surface area contributed by atoms with Gasteiger partial charge in [0.25, 0.3) is 0 Å². The average molecular weight is 237 g/mol. The highest BCUT2D eigenvalue weighted by atomic mass is 16.5. The number of ether oxygens (including phenoxy) is 1. The van der Waals surface area contributed by atoms with Crippen LogP contribution in [0.5, 0.6) is 0 Å². The molecule has 0 amide bonds. The number of carbonyl (C=O) groups excluding carboxylic acids is 1. The third kappa shape index (κ3) is 3.48. The van der Waals surface area contributed by atoms with E-state index in [2.05, 4.69) is 4.74 Å². The molecule has 0 aliphatic heterocycles. The second-order valence-electron chi connectivity index (χ2n) is 3.62. The summed E-state index contributed by atoms with van der Waals surface area (Å²) in [4.78, 5) is 21.9. The van der Waals surface area contributed by atoms with E-state index < -0.39 is 11.9 Å². The Bertz CT molecular complexity index is 429. The van der Waals surface area contributed by atoms with Crippen molar-refractivity contribution in [2.45, 2.75) is 19.3 Å². The van der Waals surface area contributed by atoms with E-state index in [1.54, 1.807) is 18.2 Å². The van der Waals surface area contributed by atoms with Crippen LogP contribution >= 0.6 is 0 Å². The van der Waals surface area contributed by atoms with Crippen LogP contribution in [-0.4, -0.2) is 24.2 Å². The Morgan fingerprint density at radius 1 is 1.41 bits per heavy atom. The van der Waals surface area contributed by atoms with Gasteiger partial charge in [-0.25, -0.2) is 4.79 Å². The van der Waals surface area contributed by atoms with E-state index in [9.17, 15) is 9.59 Å². The van der Waals surface area contributed by atoms with Gasteiger partial charge in [0.15, 0.2) is 0 Å². The highest BCUT2D eigenvalue weighted by Crippen LogP contribution is 2.20. The zero-order chi connectivity index (χ0) is 12.8. The summed E-state index contributed by atoms with van der Waals surface area (Å²) in [5.74, 6) is -1.35. The van der Waals surface area contributed by atoms with Crippen molar-refractivity contribution in [3.63, 3.8) is 0 Å². The molecule has 0 unspecified atom stereocenters. The molecule has 92 valence electrons. The van der Waals surface area contributed by atoms with E-state index in [0.29, 0.717) is 24.1 Å². The molecule has 0 atom stereocenters. The highest BCUT2D eigenvalue weighted by Gasteiger charge is 2.15. The summed E-state index contributed by atoms with van der Waals surface area (Å²) < 4.78 is 4.65. The molecule has 0 saturated carbocycles. The first kappa shape index (κ1) is 13.0. The number of esters is 1. The maximum Gasteiger partial charge on any atom is 0.340 e. The molecule has 5 heteroatoms. The molecule has 17 heavy (non-hydrogen) atoms. The molecule has 0 fully saturated rings. The number of aryl methyl sites for hydroxylation is 1. The minimum absolute atomic E-state index is 0.0649. The van der Waals surface area contributed by atoms with Gasteiger partial charge in [-0.3, -0.25) is 4.79 Å². The van der Waals surface area contributed by atoms with Crippen molar-refractivity contribution in [1.82, 2.24) is 0 Å². The lowest BCUT2D eigenvalue weighted by molar-refractivity contribution is -0.137. The van der Waals surface area contributed by atoms with E-state index in [0.717, 1.165) is 5.56 Å². The Balaban J connectivity index is 2.87. The molecule has 0 aliphatic rings. The quantitative estimate of drug-likeness (QED) is 0.597. The predicted octanol–water partition coefficient (Wildman–Crippen LogP) is 1.46. The Morgan fingerprint density at radius 3 is 2.71 bits per heavy atom. The van der Waals surface area contributed by atoms with Crippen LogP contribution in [0.3, 0.4) is 0 Å². The smallest absolute Gasteiger partial charge is 0.340 e. The summed E-state index contributed by atoms with van der Waals surface area (Å²) in [6, 6.07) is 5.11. The van der Waals surface area contributed by atoms with Gasteiger partial charge in [-0.2, -0.15) is 0 Å². The lowest BCUT2D eigenvalue weighted by atomic mass is 10.0. The molecule has 0 aliphatic carbocycles. The van der Waals surface area contributed by atoms with Crippen LogP contribution in [0.2, 0.25) is 0 Å². The Morgan fingerprint density at radius 2 is 2.12 bits per heavy atom. The van der Waals surface area contributed by atoms with Crippen LogP contribution in [0, 0.1) is 0 Å². The number of methoxy groups -OCH3 is 1. The molecule has 0 heterocycles. The lowest BCUT2D eigenvalue weighted by Crippen LogP contribution is -2.10. The average Bonchev–Trinajstić information content (AvgIpc) is 2.28. The number of benzene rings is 1. The number of rotatable bonds is 5. The van der Waals surface area contributed by atoms with Crippen LogP contribution in [0.25, 0.3) is 0 Å². The first-order valence-corrected chi connectivity index (χ1v) is 5.23. The monoisotopic (exact) mass is 237 g/mol. The molecular formula is C12H15NO4. The third-order valence-electron chi connectivity index (χ3n) is 2.41. The van der Waals surface area contributed by atoms with Crippen LogP contribution in [0.15, 0.2) is 18.2 Å². The second-order valence-corrected chi connectivity index (χ2v) is 3.62. The largest absolute Gasteiger partial charge is 0.481 e. The third-order valence-corrected chi connectivity index (χ3v) is 2.41. The molecule has 0 radical (unpaired) electrons. The number of carboxylic acid groups (broad SMARTS) is 1. The summed E-state index contributed by atoms with van der Waals surface area (Å²) in [7, 11) is 1.29. The van der Waals surface area contributed by atoms with Crippen LogP contribution < -0.4 is 5.73 Å². The van der Waals surface area contributed by atoms with E-state index in [1.165, 1.54) is 7.11 Å². The number of carboxylic acids is 1. The molecule has 1 rings (SSSR count). The fraction of sp³-hybridized carbons (Fsp3) is 0.333. The molecule has 1 aromatic rings. The van der Waals surface area contributed by atoms with Gasteiger partial charge >= 0.3 is 11.9 Å². The van der Waals surface area contributed by atoms with E-state index in [4.69, 9.17) is 10.8 Å². The van der Waals surface area contributed by atoms with Crippen molar-refractivity contribution < 1.29 is 19.4 Å². The normalized spacial score (nSPS) is 9.94. The number of anilines is 1. The van der Waals surface area contributed by atoms with Crippen molar-refractivity contribution in [1.29, 1.82) is 0 Å². The minimum atomic E-state index is -0.853. The summed E-state index contributed by atoms with van der Waals surface area (Å²) in [6.45, 7) is 0. The van der Waals surface area contributed by atoms with Gasteiger partial charge in [0.2, 0.25) is 0 Å². The SMILES string of the molecule is COC(=O)c1c(N)cccc1CCCC(=O)O. The summed E-state index contributed by atoms with van der Waals surface area (Å²) >= 11 is 0. The summed E-state index contributed by atoms with van der Waals surface area (Å²) in [6.07, 6.45) is 1.01. The Labute approximate surface area is 99.2 Å². The van der Waals surface area contributed by atoms with Gasteiger partial charge in [0.1, 0.15) is 0 Å². The number of hydrogen-bond acceptors (Lipinski definition) is 4. The second kappa shape index (κ2) is 5.89. The first-order chi connectivity index (χ1) is 8.06. The highest BCUT2D eigenvalue weighted by molar-refractivity contribution is 5.96. The molecule has 1 aromatic carbocycles. The van der Waals surface area contributed by atoms with Crippen molar-refractivity contribution in [2.75, 3.05) is 12.8 Å². The van der Waals surface area contributed by atoms with Gasteiger partial charge in [-0.05, 0) is 24.5 Å². The van der Waals surface area contributed by atoms with Crippen LogP contribution in [-0.2, 0) is 16.0 Å². The summed E-state index contributed by atoms with van der Waals surface area (Å²) in [5, 5.41) is 8.55. The molecule has 5 nitrogen and oxygen atoms in total. The first-order valence-electron chi connectivity index (χ1n) is 5.23. The van der Waals surface area contributed by atoms with Crippen molar-refractivity contribution >= 4 is 17.6 Å². The van der Waals surface area contributed by atoms with Gasteiger partial charge < -0.3 is 15.6 Å². The Hall–Kier alpha value is -2.04. The van der Waals surface area contributed by atoms with Crippen molar-refractivity contribution in [3.05, 3.63) is 29.3 Å². The van der Waals surface area contributed by atoms with Gasteiger partial charge in [-0.15, -0.1) is 0 Å². The standard InChI is InChI=1S/C12H15NO4/c1-17-12(16)11-8(4-2-6-9(11)13)5-3-7-10(14)15/h2,4,6H,3,5,7,13H2,1H3,(H,14,15). The van der Waals surface area contributed by atoms with E-state index >= 15 is 0 Å². The summed E-state index contributed by atoms with van der Waals surface area (Å²) in [5.41, 5.74) is 7.12. The van der Waals surface area contributed by atoms with Gasteiger partial charge in [0, 0.05) is 12.1 Å². The van der Waals surface area contributed by atoms with Crippen molar-refractivity contribution in [3.8, 4) is 0 Å². The minimum Gasteiger partial charge on any atom is -0.481 e. The number of nitrogens with two attached hydrogens (primary N) is 1. The van der Waals surface area contributed by atoms with Crippen LogP contribution in [0.4, 0.5) is 5.69 Å². The molecular weight excluding hydrogens is 222 g/mol. The number of nitrogen functional groups attached to an aromatic ring is 1. The molecule has 0 spiro atoms. The van der Waals surface area contributed by atoms with Crippen LogP contribution in [0.1, 0.15) is 28.8 Å². The van der Waals surface area contributed by atoms with Gasteiger partial charge in [0.05, 0.1) is 12.7 Å². The van der Waals surface area contributed by atoms with E-state index in [1.807, 2.05) is 0 Å². The topological polar surface area (TPSA) is 89.6 Å². The maximum atomic E-state index is 11.5. The molecule has 0 aromatic heterocycles. The molecule has 0 saturated heterocycles. The predicted molar refractivity (Wildman–Crippen MR) is 62.8 cm³/mol. The molecule has 3 N–H and O–H groups in total. The fourth-order valence-corrected chi connectivity index (χ4v) is 1.61. The lowest BCUT2D eigenvalue weighted by Gasteiger charge is -2.09. The van der Waals surface area contributed by atoms with Gasteiger partial charge in [-0.1, -0.05) is 12.1 Å². The van der Waals surface area contributed by atoms with Crippen molar-refractivity contribution in [2.24, 2.45) is 0 Å². The number of carbonyl (C=O) groups is 2. The Kier molecular flexibility index (Phi) is 4.51. The number of aliphatic carboxylic acids is 1. The maximum absolute atomic E-state index is 11.5. The molecule has 0 bridgehead atoms. The van der Waals surface area contributed by atoms with E-state index in [-0.39, 0.29) is 6.42 Å².